The number of hydrogen-bond acceptors (Lipinski definition) is 2. The van der Waals surface area contributed by atoms with Crippen molar-refractivity contribution in [1.29, 1.82) is 0 Å². The molecule has 0 aliphatic carbocycles. The number of aliphatic hydroxyl groups is 1. The van der Waals surface area contributed by atoms with Gasteiger partial charge in [-0.05, 0) is 39.7 Å². The molecule has 19 heavy (non-hydrogen) atoms. The van der Waals surface area contributed by atoms with E-state index in [0.717, 1.165) is 14.9 Å². The topological polar surface area (TPSA) is 20.2 Å². The van der Waals surface area contributed by atoms with Crippen molar-refractivity contribution < 1.29 is 9.50 Å². The molecule has 1 unspecified atom stereocenters. The van der Waals surface area contributed by atoms with E-state index in [4.69, 9.17) is 0 Å². The molecular weight excluding hydrogens is 327 g/mol. The highest BCUT2D eigenvalue weighted by Gasteiger charge is 2.30. The maximum absolute atomic E-state index is 13.0. The third-order valence-electron chi connectivity index (χ3n) is 3.44. The molecule has 2 aromatic rings. The summed E-state index contributed by atoms with van der Waals surface area (Å²) < 4.78 is 14.0. The Balaban J connectivity index is 2.16. The lowest BCUT2D eigenvalue weighted by Crippen LogP contribution is -2.35. The molecule has 102 valence electrons. The van der Waals surface area contributed by atoms with Crippen LogP contribution >= 0.6 is 27.3 Å². The minimum atomic E-state index is -0.511. The van der Waals surface area contributed by atoms with Crippen molar-refractivity contribution in [2.75, 3.05) is 0 Å². The van der Waals surface area contributed by atoms with Gasteiger partial charge in [-0.3, -0.25) is 0 Å². The number of rotatable bonds is 4. The fraction of sp³-hybridized carbons (Fsp3) is 0.333. The molecule has 0 saturated heterocycles. The first-order valence-corrected chi connectivity index (χ1v) is 7.74. The van der Waals surface area contributed by atoms with Crippen LogP contribution in [0.25, 0.3) is 0 Å². The Morgan fingerprint density at radius 1 is 1.32 bits per heavy atom. The second-order valence-electron chi connectivity index (χ2n) is 5.18. The molecular formula is C15H16BrFOS. The van der Waals surface area contributed by atoms with Crippen LogP contribution in [0.15, 0.2) is 40.2 Å². The van der Waals surface area contributed by atoms with Crippen LogP contribution in [0.5, 0.6) is 0 Å². The molecule has 1 N–H and O–H groups in total. The van der Waals surface area contributed by atoms with Crippen molar-refractivity contribution in [2.45, 2.75) is 31.8 Å². The zero-order valence-electron chi connectivity index (χ0n) is 10.9. The maximum Gasteiger partial charge on any atom is 0.123 e. The second-order valence-corrected chi connectivity index (χ2v) is 7.09. The summed E-state index contributed by atoms with van der Waals surface area (Å²) in [5.41, 5.74) is 0.529. The minimum absolute atomic E-state index is 0.253. The minimum Gasteiger partial charge on any atom is -0.392 e. The fourth-order valence-corrected chi connectivity index (χ4v) is 3.47. The summed E-state index contributed by atoms with van der Waals surface area (Å²) in [6.07, 6.45) is 0.0872. The Morgan fingerprint density at radius 2 is 1.95 bits per heavy atom. The Bertz CT molecular complexity index is 548. The monoisotopic (exact) mass is 342 g/mol. The highest BCUT2D eigenvalue weighted by Crippen LogP contribution is 2.31. The van der Waals surface area contributed by atoms with E-state index >= 15 is 0 Å². The number of halogens is 2. The lowest BCUT2D eigenvalue weighted by atomic mass is 9.78. The molecule has 0 amide bonds. The quantitative estimate of drug-likeness (QED) is 0.865. The molecule has 1 aromatic heterocycles. The molecule has 2 rings (SSSR count). The highest BCUT2D eigenvalue weighted by atomic mass is 79.9. The molecule has 1 heterocycles. The Kier molecular flexibility index (Phi) is 4.43. The molecule has 1 nitrogen and oxygen atoms in total. The largest absolute Gasteiger partial charge is 0.392 e. The van der Waals surface area contributed by atoms with Crippen LogP contribution in [0.2, 0.25) is 0 Å². The van der Waals surface area contributed by atoms with Crippen molar-refractivity contribution in [3.05, 3.63) is 56.4 Å². The van der Waals surface area contributed by atoms with Gasteiger partial charge in [0.25, 0.3) is 0 Å². The fourth-order valence-electron chi connectivity index (χ4n) is 1.98. The molecule has 0 spiro atoms. The number of thiophene rings is 1. The van der Waals surface area contributed by atoms with Gasteiger partial charge in [-0.2, -0.15) is 0 Å². The number of hydrogen-bond donors (Lipinski definition) is 1. The third kappa shape index (κ3) is 3.44. The summed E-state index contributed by atoms with van der Waals surface area (Å²) in [6.45, 7) is 3.96. The summed E-state index contributed by atoms with van der Waals surface area (Å²) >= 11 is 5.04. The van der Waals surface area contributed by atoms with E-state index in [-0.39, 0.29) is 5.82 Å². The molecule has 0 radical (unpaired) electrons. The Labute approximate surface area is 125 Å². The summed E-state index contributed by atoms with van der Waals surface area (Å²) in [5, 5.41) is 12.5. The molecule has 0 aliphatic rings. The van der Waals surface area contributed by atoms with E-state index in [0.29, 0.717) is 6.42 Å². The van der Waals surface area contributed by atoms with Gasteiger partial charge in [-0.15, -0.1) is 11.3 Å². The molecule has 0 saturated carbocycles. The molecule has 4 heteroatoms. The van der Waals surface area contributed by atoms with Crippen LogP contribution in [0.4, 0.5) is 4.39 Å². The van der Waals surface area contributed by atoms with Crippen LogP contribution < -0.4 is 0 Å². The Morgan fingerprint density at radius 3 is 2.47 bits per heavy atom. The van der Waals surface area contributed by atoms with Gasteiger partial charge in [0.1, 0.15) is 5.82 Å². The lowest BCUT2D eigenvalue weighted by Gasteiger charge is -2.31. The van der Waals surface area contributed by atoms with E-state index in [1.165, 1.54) is 12.1 Å². The zero-order valence-corrected chi connectivity index (χ0v) is 13.3. The van der Waals surface area contributed by atoms with Gasteiger partial charge in [-0.1, -0.05) is 26.0 Å². The molecule has 0 bridgehead atoms. The van der Waals surface area contributed by atoms with E-state index in [1.54, 1.807) is 23.5 Å². The van der Waals surface area contributed by atoms with Crippen LogP contribution in [0, 0.1) is 5.82 Å². The summed E-state index contributed by atoms with van der Waals surface area (Å²) in [7, 11) is 0. The van der Waals surface area contributed by atoms with Crippen molar-refractivity contribution >= 4 is 27.3 Å². The molecule has 0 fully saturated rings. The third-order valence-corrected chi connectivity index (χ3v) is 5.16. The van der Waals surface area contributed by atoms with Crippen molar-refractivity contribution in [3.63, 3.8) is 0 Å². The number of aliphatic hydroxyl groups excluding tert-OH is 1. The summed E-state index contributed by atoms with van der Waals surface area (Å²) in [5.74, 6) is -0.253. The standard InChI is InChI=1S/C15H16BrFOS/c1-15(2,10-3-5-12(17)6-4-10)14(18)8-13-7-11(16)9-19-13/h3-7,9,14,18H,8H2,1-2H3. The normalized spacial score (nSPS) is 13.5. The SMILES string of the molecule is CC(C)(c1ccc(F)cc1)C(O)Cc1cc(Br)cs1. The van der Waals surface area contributed by atoms with Crippen LogP contribution in [0.3, 0.4) is 0 Å². The van der Waals surface area contributed by atoms with Crippen molar-refractivity contribution in [2.24, 2.45) is 0 Å². The molecule has 1 atom stereocenters. The predicted octanol–water partition coefficient (Wildman–Crippen LogP) is 4.53. The number of benzene rings is 1. The first-order valence-electron chi connectivity index (χ1n) is 6.06. The van der Waals surface area contributed by atoms with Gasteiger partial charge in [0.2, 0.25) is 0 Å². The van der Waals surface area contributed by atoms with Crippen molar-refractivity contribution in [1.82, 2.24) is 0 Å². The predicted molar refractivity (Wildman–Crippen MR) is 81.2 cm³/mol. The van der Waals surface area contributed by atoms with E-state index < -0.39 is 11.5 Å². The lowest BCUT2D eigenvalue weighted by molar-refractivity contribution is 0.101. The average molecular weight is 343 g/mol. The summed E-state index contributed by atoms with van der Waals surface area (Å²) in [6, 6.07) is 8.37. The molecule has 0 aliphatic heterocycles. The smallest absolute Gasteiger partial charge is 0.123 e. The summed E-state index contributed by atoms with van der Waals surface area (Å²) in [4.78, 5) is 1.13. The van der Waals surface area contributed by atoms with Gasteiger partial charge >= 0.3 is 0 Å². The van der Waals surface area contributed by atoms with Gasteiger partial charge in [0.15, 0.2) is 0 Å². The van der Waals surface area contributed by atoms with Crippen LogP contribution in [0.1, 0.15) is 24.3 Å². The van der Waals surface area contributed by atoms with Gasteiger partial charge < -0.3 is 5.11 Å². The van der Waals surface area contributed by atoms with Crippen LogP contribution in [-0.2, 0) is 11.8 Å². The maximum atomic E-state index is 13.0. The highest BCUT2D eigenvalue weighted by molar-refractivity contribution is 9.10. The van der Waals surface area contributed by atoms with E-state index in [2.05, 4.69) is 15.9 Å². The van der Waals surface area contributed by atoms with Gasteiger partial charge in [-0.25, -0.2) is 4.39 Å². The van der Waals surface area contributed by atoms with E-state index in [9.17, 15) is 9.50 Å². The second kappa shape index (κ2) is 5.73. The molecule has 1 aromatic carbocycles. The Hall–Kier alpha value is -0.710. The van der Waals surface area contributed by atoms with Gasteiger partial charge in [0, 0.05) is 26.6 Å². The first-order chi connectivity index (χ1) is 8.89. The van der Waals surface area contributed by atoms with Crippen LogP contribution in [-0.4, -0.2) is 11.2 Å². The average Bonchev–Trinajstić information content (AvgIpc) is 2.75. The van der Waals surface area contributed by atoms with Crippen molar-refractivity contribution in [3.8, 4) is 0 Å². The van der Waals surface area contributed by atoms with Gasteiger partial charge in [0.05, 0.1) is 6.10 Å². The first kappa shape index (κ1) is 14.7. The van der Waals surface area contributed by atoms with E-state index in [1.807, 2.05) is 25.3 Å². The zero-order chi connectivity index (χ0) is 14.0.